The van der Waals surface area contributed by atoms with Crippen LogP contribution in [0.4, 0.5) is 5.13 Å². The molecule has 16 heavy (non-hydrogen) atoms. The Balaban J connectivity index is 1.85. The van der Waals surface area contributed by atoms with Crippen molar-refractivity contribution < 1.29 is 5.11 Å². The van der Waals surface area contributed by atoms with Crippen LogP contribution in [0.2, 0.25) is 0 Å². The van der Waals surface area contributed by atoms with Crippen LogP contribution in [0.3, 0.4) is 0 Å². The van der Waals surface area contributed by atoms with Gasteiger partial charge in [0.2, 0.25) is 0 Å². The van der Waals surface area contributed by atoms with Crippen molar-refractivity contribution in [2.45, 2.75) is 19.7 Å². The molecule has 0 spiro atoms. The van der Waals surface area contributed by atoms with Crippen LogP contribution in [0.5, 0.6) is 0 Å². The number of hydrogen-bond donors (Lipinski definition) is 1. The van der Waals surface area contributed by atoms with Crippen LogP contribution in [0, 0.1) is 0 Å². The van der Waals surface area contributed by atoms with Gasteiger partial charge in [-0.25, -0.2) is 4.98 Å². The number of aliphatic hydroxyl groups is 1. The predicted molar refractivity (Wildman–Crippen MR) is 64.4 cm³/mol. The van der Waals surface area contributed by atoms with E-state index in [1.807, 2.05) is 0 Å². The fourth-order valence-corrected chi connectivity index (χ4v) is 2.75. The highest BCUT2D eigenvalue weighted by Crippen LogP contribution is 2.30. The molecule has 0 atom stereocenters. The average molecular weight is 232 g/mol. The molecule has 0 fully saturated rings. The molecule has 2 aromatic rings. The van der Waals surface area contributed by atoms with Crippen LogP contribution in [0.15, 0.2) is 30.5 Å². The Morgan fingerprint density at radius 3 is 2.50 bits per heavy atom. The lowest BCUT2D eigenvalue weighted by Crippen LogP contribution is -2.13. The molecule has 0 radical (unpaired) electrons. The lowest BCUT2D eigenvalue weighted by Gasteiger charge is -2.12. The quantitative estimate of drug-likeness (QED) is 0.862. The van der Waals surface area contributed by atoms with Crippen LogP contribution < -0.4 is 4.90 Å². The topological polar surface area (TPSA) is 36.4 Å². The van der Waals surface area contributed by atoms with E-state index in [1.54, 1.807) is 17.5 Å². The summed E-state index contributed by atoms with van der Waals surface area (Å²) in [4.78, 5) is 7.50. The number of aromatic nitrogens is 1. The maximum absolute atomic E-state index is 9.02. The normalized spacial score (nSPS) is 14.2. The first-order valence-electron chi connectivity index (χ1n) is 5.24. The first-order chi connectivity index (χ1) is 7.86. The van der Waals surface area contributed by atoms with Crippen molar-refractivity contribution in [3.8, 4) is 0 Å². The molecule has 0 bridgehead atoms. The van der Waals surface area contributed by atoms with Crippen LogP contribution >= 0.6 is 11.3 Å². The average Bonchev–Trinajstić information content (AvgIpc) is 2.95. The Morgan fingerprint density at radius 2 is 1.94 bits per heavy atom. The summed E-state index contributed by atoms with van der Waals surface area (Å²) in [5.74, 6) is 0. The van der Waals surface area contributed by atoms with E-state index < -0.39 is 0 Å². The molecule has 0 saturated carbocycles. The molecule has 1 aromatic heterocycles. The van der Waals surface area contributed by atoms with Gasteiger partial charge in [-0.2, -0.15) is 0 Å². The number of nitrogens with zero attached hydrogens (tertiary/aromatic N) is 2. The number of fused-ring (bicyclic) bond motifs is 1. The molecule has 0 amide bonds. The maximum atomic E-state index is 9.02. The van der Waals surface area contributed by atoms with Gasteiger partial charge in [0.15, 0.2) is 5.13 Å². The van der Waals surface area contributed by atoms with Crippen molar-refractivity contribution in [3.63, 3.8) is 0 Å². The molecule has 1 aliphatic heterocycles. The van der Waals surface area contributed by atoms with Crippen LogP contribution in [0.25, 0.3) is 0 Å². The van der Waals surface area contributed by atoms with E-state index in [9.17, 15) is 0 Å². The van der Waals surface area contributed by atoms with Crippen molar-refractivity contribution in [3.05, 3.63) is 46.5 Å². The number of aliphatic hydroxyl groups excluding tert-OH is 1. The zero-order valence-electron chi connectivity index (χ0n) is 8.76. The first-order valence-corrected chi connectivity index (χ1v) is 6.06. The van der Waals surface area contributed by atoms with Gasteiger partial charge >= 0.3 is 0 Å². The summed E-state index contributed by atoms with van der Waals surface area (Å²) in [6.07, 6.45) is 1.75. The van der Waals surface area contributed by atoms with E-state index >= 15 is 0 Å². The Hall–Kier alpha value is -1.39. The lowest BCUT2D eigenvalue weighted by atomic mass is 10.1. The molecule has 82 valence electrons. The molecule has 0 saturated heterocycles. The third-order valence-corrected chi connectivity index (χ3v) is 3.85. The van der Waals surface area contributed by atoms with Gasteiger partial charge in [-0.15, -0.1) is 0 Å². The fourth-order valence-electron chi connectivity index (χ4n) is 1.98. The summed E-state index contributed by atoms with van der Waals surface area (Å²) in [5, 5.41) is 10.0. The lowest BCUT2D eigenvalue weighted by molar-refractivity contribution is 0.285. The van der Waals surface area contributed by atoms with Crippen LogP contribution in [-0.4, -0.2) is 10.1 Å². The van der Waals surface area contributed by atoms with Gasteiger partial charge in [-0.3, -0.25) is 0 Å². The van der Waals surface area contributed by atoms with E-state index in [0.717, 1.165) is 23.1 Å². The summed E-state index contributed by atoms with van der Waals surface area (Å²) in [5.41, 5.74) is 2.76. The van der Waals surface area contributed by atoms with Gasteiger partial charge < -0.3 is 10.0 Å². The molecular formula is C12H12N2OS. The number of benzene rings is 1. The molecule has 3 rings (SSSR count). The third-order valence-electron chi connectivity index (χ3n) is 2.81. The minimum atomic E-state index is 0.0818. The molecule has 0 unspecified atom stereocenters. The summed E-state index contributed by atoms with van der Waals surface area (Å²) >= 11 is 1.57. The summed E-state index contributed by atoms with van der Waals surface area (Å²) in [6.45, 7) is 1.93. The predicted octanol–water partition coefficient (Wildman–Crippen LogP) is 2.16. The van der Waals surface area contributed by atoms with E-state index in [1.165, 1.54) is 11.1 Å². The molecule has 1 aromatic carbocycles. The second-order valence-electron chi connectivity index (χ2n) is 3.89. The molecule has 0 aliphatic carbocycles. The zero-order chi connectivity index (χ0) is 11.0. The van der Waals surface area contributed by atoms with E-state index in [0.29, 0.717) is 0 Å². The molecule has 1 N–H and O–H groups in total. The van der Waals surface area contributed by atoms with Crippen molar-refractivity contribution in [1.82, 2.24) is 4.98 Å². The van der Waals surface area contributed by atoms with Gasteiger partial charge in [0.05, 0.1) is 11.5 Å². The van der Waals surface area contributed by atoms with Crippen molar-refractivity contribution in [1.29, 1.82) is 0 Å². The Labute approximate surface area is 98.0 Å². The van der Waals surface area contributed by atoms with Crippen molar-refractivity contribution in [2.75, 3.05) is 4.90 Å². The van der Waals surface area contributed by atoms with Gasteiger partial charge in [0, 0.05) is 19.3 Å². The first kappa shape index (κ1) is 9.81. The number of thiazole rings is 1. The monoisotopic (exact) mass is 232 g/mol. The van der Waals surface area contributed by atoms with E-state index in [-0.39, 0.29) is 6.61 Å². The highest BCUT2D eigenvalue weighted by molar-refractivity contribution is 7.15. The minimum absolute atomic E-state index is 0.0818. The Kier molecular flexibility index (Phi) is 2.38. The minimum Gasteiger partial charge on any atom is -0.391 e. The molecule has 1 aliphatic rings. The zero-order valence-corrected chi connectivity index (χ0v) is 9.57. The molecule has 4 heteroatoms. The standard InChI is InChI=1S/C12H12N2OS/c15-8-11-5-13-12(16-11)14-6-9-3-1-2-4-10(9)7-14/h1-5,15H,6-8H2. The number of rotatable bonds is 2. The molecular weight excluding hydrogens is 220 g/mol. The smallest absolute Gasteiger partial charge is 0.186 e. The highest BCUT2D eigenvalue weighted by atomic mass is 32.1. The Morgan fingerprint density at radius 1 is 1.25 bits per heavy atom. The fraction of sp³-hybridized carbons (Fsp3) is 0.250. The SMILES string of the molecule is OCc1cnc(N2Cc3ccccc3C2)s1. The third kappa shape index (κ3) is 1.60. The van der Waals surface area contributed by atoms with Gasteiger partial charge in [-0.05, 0) is 11.1 Å². The summed E-state index contributed by atoms with van der Waals surface area (Å²) in [6, 6.07) is 8.47. The van der Waals surface area contributed by atoms with E-state index in [2.05, 4.69) is 34.1 Å². The van der Waals surface area contributed by atoms with Gasteiger partial charge in [0.25, 0.3) is 0 Å². The van der Waals surface area contributed by atoms with Crippen LogP contribution in [-0.2, 0) is 19.7 Å². The van der Waals surface area contributed by atoms with Gasteiger partial charge in [0.1, 0.15) is 0 Å². The Bertz CT molecular complexity index is 484. The van der Waals surface area contributed by atoms with Crippen LogP contribution in [0.1, 0.15) is 16.0 Å². The second kappa shape index (κ2) is 3.88. The maximum Gasteiger partial charge on any atom is 0.186 e. The summed E-state index contributed by atoms with van der Waals surface area (Å²) < 4.78 is 0. The van der Waals surface area contributed by atoms with Crippen molar-refractivity contribution in [2.24, 2.45) is 0 Å². The van der Waals surface area contributed by atoms with Crippen molar-refractivity contribution >= 4 is 16.5 Å². The molecule has 2 heterocycles. The van der Waals surface area contributed by atoms with E-state index in [4.69, 9.17) is 5.11 Å². The number of anilines is 1. The second-order valence-corrected chi connectivity index (χ2v) is 4.99. The summed E-state index contributed by atoms with van der Waals surface area (Å²) in [7, 11) is 0. The highest BCUT2D eigenvalue weighted by Gasteiger charge is 2.20. The number of hydrogen-bond acceptors (Lipinski definition) is 4. The molecule has 3 nitrogen and oxygen atoms in total. The van der Waals surface area contributed by atoms with Gasteiger partial charge in [-0.1, -0.05) is 35.6 Å². The largest absolute Gasteiger partial charge is 0.391 e.